The fourth-order valence-electron chi connectivity index (χ4n) is 1.76. The zero-order valence-electron chi connectivity index (χ0n) is 8.13. The zero-order valence-corrected chi connectivity index (χ0v) is 8.89. The molecule has 0 aromatic heterocycles. The molecule has 3 nitrogen and oxygen atoms in total. The average molecular weight is 230 g/mol. The highest BCUT2D eigenvalue weighted by Gasteiger charge is 2.22. The number of hydrazine groups is 1. The lowest BCUT2D eigenvalue weighted by molar-refractivity contribution is 0.525. The van der Waals surface area contributed by atoms with E-state index >= 15 is 0 Å². The van der Waals surface area contributed by atoms with Gasteiger partial charge < -0.3 is 5.73 Å². The second-order valence-electron chi connectivity index (χ2n) is 3.73. The van der Waals surface area contributed by atoms with Gasteiger partial charge in [-0.05, 0) is 25.0 Å². The summed E-state index contributed by atoms with van der Waals surface area (Å²) in [6.07, 6.45) is 1.25. The lowest BCUT2D eigenvalue weighted by Crippen LogP contribution is -2.38. The molecule has 2 rings (SSSR count). The minimum Gasteiger partial charge on any atom is -0.315 e. The molecular weight excluding hydrogens is 217 g/mol. The summed E-state index contributed by atoms with van der Waals surface area (Å²) in [4.78, 5) is 0. The van der Waals surface area contributed by atoms with E-state index in [1.807, 2.05) is 0 Å². The number of rotatable bonds is 2. The largest absolute Gasteiger partial charge is 0.315 e. The van der Waals surface area contributed by atoms with E-state index in [-0.39, 0.29) is 18.0 Å². The zero-order chi connectivity index (χ0) is 10.8. The van der Waals surface area contributed by atoms with Gasteiger partial charge in [0, 0.05) is 16.6 Å². The molecule has 1 aliphatic rings. The number of hydrogen-bond donors (Lipinski definition) is 3. The highest BCUT2D eigenvalue weighted by Crippen LogP contribution is 2.21. The van der Waals surface area contributed by atoms with Crippen LogP contribution in [0.4, 0.5) is 4.39 Å². The van der Waals surface area contributed by atoms with Gasteiger partial charge >= 0.3 is 0 Å². The van der Waals surface area contributed by atoms with Gasteiger partial charge in [0.1, 0.15) is 5.82 Å². The minimum absolute atomic E-state index is 0.0689. The fourth-order valence-corrected chi connectivity index (χ4v) is 2.00. The maximum Gasteiger partial charge on any atom is 0.127 e. The van der Waals surface area contributed by atoms with Crippen LogP contribution in [0.15, 0.2) is 18.2 Å². The molecule has 1 aliphatic heterocycles. The van der Waals surface area contributed by atoms with Crippen LogP contribution in [0.25, 0.3) is 0 Å². The Morgan fingerprint density at radius 1 is 1.47 bits per heavy atom. The van der Waals surface area contributed by atoms with Gasteiger partial charge in [-0.2, -0.15) is 0 Å². The first-order chi connectivity index (χ1) is 7.16. The summed E-state index contributed by atoms with van der Waals surface area (Å²) >= 11 is 5.92. The molecule has 1 aromatic carbocycles. The van der Waals surface area contributed by atoms with Gasteiger partial charge in [0.15, 0.2) is 0 Å². The van der Waals surface area contributed by atoms with Crippen LogP contribution in [-0.4, -0.2) is 12.2 Å². The third kappa shape index (κ3) is 2.46. The van der Waals surface area contributed by atoms with Gasteiger partial charge in [-0.15, -0.1) is 0 Å². The maximum atomic E-state index is 13.4. The summed E-state index contributed by atoms with van der Waals surface area (Å²) in [6.45, 7) is 0. The van der Waals surface area contributed by atoms with E-state index < -0.39 is 0 Å². The number of nitrogens with one attached hydrogen (secondary N) is 2. The molecule has 1 aromatic rings. The number of benzene rings is 1. The van der Waals surface area contributed by atoms with Gasteiger partial charge in [-0.3, -0.25) is 5.43 Å². The second kappa shape index (κ2) is 4.45. The molecule has 0 aliphatic carbocycles. The predicted molar refractivity (Wildman–Crippen MR) is 57.8 cm³/mol. The highest BCUT2D eigenvalue weighted by molar-refractivity contribution is 6.31. The van der Waals surface area contributed by atoms with Crippen LogP contribution in [0.5, 0.6) is 0 Å². The Labute approximate surface area is 92.8 Å². The molecule has 1 fully saturated rings. The SMILES string of the molecule is NC1CC(Cc2c(F)cccc2Cl)NN1. The van der Waals surface area contributed by atoms with E-state index in [0.717, 1.165) is 6.42 Å². The normalized spacial score (nSPS) is 25.8. The van der Waals surface area contributed by atoms with Crippen molar-refractivity contribution in [2.24, 2.45) is 5.73 Å². The van der Waals surface area contributed by atoms with E-state index in [4.69, 9.17) is 17.3 Å². The van der Waals surface area contributed by atoms with Gasteiger partial charge in [0.05, 0.1) is 6.17 Å². The van der Waals surface area contributed by atoms with Crippen LogP contribution in [0.3, 0.4) is 0 Å². The van der Waals surface area contributed by atoms with E-state index in [0.29, 0.717) is 17.0 Å². The topological polar surface area (TPSA) is 50.1 Å². The molecule has 1 heterocycles. The summed E-state index contributed by atoms with van der Waals surface area (Å²) in [5, 5.41) is 0.470. The summed E-state index contributed by atoms with van der Waals surface area (Å²) in [5.74, 6) is -0.259. The van der Waals surface area contributed by atoms with Crippen LogP contribution in [0.2, 0.25) is 5.02 Å². The Kier molecular flexibility index (Phi) is 3.21. The number of hydrogen-bond acceptors (Lipinski definition) is 3. The van der Waals surface area contributed by atoms with Crippen molar-refractivity contribution < 1.29 is 4.39 Å². The van der Waals surface area contributed by atoms with Gasteiger partial charge in [0.25, 0.3) is 0 Å². The Hall–Kier alpha value is -0.680. The van der Waals surface area contributed by atoms with Crippen molar-refractivity contribution in [3.63, 3.8) is 0 Å². The molecule has 0 amide bonds. The van der Waals surface area contributed by atoms with E-state index in [1.165, 1.54) is 6.07 Å². The van der Waals surface area contributed by atoms with Crippen LogP contribution >= 0.6 is 11.6 Å². The summed E-state index contributed by atoms with van der Waals surface area (Å²) in [5.41, 5.74) is 12.1. The van der Waals surface area contributed by atoms with Crippen LogP contribution in [0, 0.1) is 5.82 Å². The molecule has 1 saturated heterocycles. The lowest BCUT2D eigenvalue weighted by Gasteiger charge is -2.11. The predicted octanol–water partition coefficient (Wildman–Crippen LogP) is 1.17. The Morgan fingerprint density at radius 2 is 2.27 bits per heavy atom. The average Bonchev–Trinajstić information content (AvgIpc) is 2.58. The summed E-state index contributed by atoms with van der Waals surface area (Å²) in [6, 6.07) is 4.85. The third-order valence-corrected chi connectivity index (χ3v) is 2.88. The molecule has 4 N–H and O–H groups in total. The Morgan fingerprint density at radius 3 is 2.87 bits per heavy atom. The molecule has 2 atom stereocenters. The van der Waals surface area contributed by atoms with Crippen LogP contribution in [-0.2, 0) is 6.42 Å². The van der Waals surface area contributed by atoms with Crippen molar-refractivity contribution in [2.75, 3.05) is 0 Å². The first-order valence-electron chi connectivity index (χ1n) is 4.86. The highest BCUT2D eigenvalue weighted by atomic mass is 35.5. The van der Waals surface area contributed by atoms with Crippen molar-refractivity contribution >= 4 is 11.6 Å². The summed E-state index contributed by atoms with van der Waals surface area (Å²) < 4.78 is 13.4. The molecule has 82 valence electrons. The number of halogens is 2. The van der Waals surface area contributed by atoms with Gasteiger partial charge in [-0.25, -0.2) is 9.82 Å². The van der Waals surface area contributed by atoms with Crippen molar-refractivity contribution in [1.82, 2.24) is 10.9 Å². The van der Waals surface area contributed by atoms with Crippen molar-refractivity contribution in [1.29, 1.82) is 0 Å². The smallest absolute Gasteiger partial charge is 0.127 e. The van der Waals surface area contributed by atoms with E-state index in [2.05, 4.69) is 10.9 Å². The van der Waals surface area contributed by atoms with Crippen molar-refractivity contribution in [2.45, 2.75) is 25.0 Å². The monoisotopic (exact) mass is 229 g/mol. The second-order valence-corrected chi connectivity index (χ2v) is 4.14. The molecular formula is C10H13ClFN3. The van der Waals surface area contributed by atoms with Crippen molar-refractivity contribution in [3.05, 3.63) is 34.6 Å². The van der Waals surface area contributed by atoms with E-state index in [1.54, 1.807) is 12.1 Å². The molecule has 0 bridgehead atoms. The standard InChI is InChI=1S/C10H13ClFN3/c11-8-2-1-3-9(12)7(8)4-6-5-10(13)15-14-6/h1-3,6,10,14-15H,4-5,13H2. The minimum atomic E-state index is -0.259. The number of nitrogens with two attached hydrogens (primary N) is 1. The van der Waals surface area contributed by atoms with E-state index in [9.17, 15) is 4.39 Å². The molecule has 2 unspecified atom stereocenters. The first kappa shape index (κ1) is 10.8. The quantitative estimate of drug-likeness (QED) is 0.714. The lowest BCUT2D eigenvalue weighted by atomic mass is 10.0. The molecule has 0 spiro atoms. The molecule has 5 heteroatoms. The maximum absolute atomic E-state index is 13.4. The molecule has 0 radical (unpaired) electrons. The van der Waals surface area contributed by atoms with Crippen LogP contribution in [0.1, 0.15) is 12.0 Å². The molecule has 0 saturated carbocycles. The fraction of sp³-hybridized carbons (Fsp3) is 0.400. The van der Waals surface area contributed by atoms with Gasteiger partial charge in [-0.1, -0.05) is 17.7 Å². The Bertz CT molecular complexity index is 338. The van der Waals surface area contributed by atoms with Gasteiger partial charge in [0.2, 0.25) is 0 Å². The summed E-state index contributed by atoms with van der Waals surface area (Å²) in [7, 11) is 0. The molecule has 15 heavy (non-hydrogen) atoms. The Balaban J connectivity index is 2.10. The third-order valence-electron chi connectivity index (χ3n) is 2.52. The van der Waals surface area contributed by atoms with Crippen LogP contribution < -0.4 is 16.6 Å². The van der Waals surface area contributed by atoms with Crippen molar-refractivity contribution in [3.8, 4) is 0 Å². The first-order valence-corrected chi connectivity index (χ1v) is 5.24.